The monoisotopic (exact) mass is 323 g/mol. The molecule has 0 bridgehead atoms. The third-order valence-corrected chi connectivity index (χ3v) is 4.58. The van der Waals surface area contributed by atoms with Crippen molar-refractivity contribution in [2.45, 2.75) is 26.4 Å². The molecule has 0 unspecified atom stereocenters. The molecule has 0 spiro atoms. The molecule has 2 heterocycles. The number of nitrogens with two attached hydrogens (primary N) is 1. The van der Waals surface area contributed by atoms with Gasteiger partial charge in [0.2, 0.25) is 0 Å². The average molecular weight is 323 g/mol. The van der Waals surface area contributed by atoms with Crippen molar-refractivity contribution in [3.8, 4) is 6.07 Å². The van der Waals surface area contributed by atoms with E-state index in [1.807, 2.05) is 0 Å². The summed E-state index contributed by atoms with van der Waals surface area (Å²) in [5.74, 6) is 1.02. The maximum absolute atomic E-state index is 9.33. The van der Waals surface area contributed by atoms with Crippen LogP contribution in [-0.4, -0.2) is 35.6 Å². The van der Waals surface area contributed by atoms with Crippen molar-refractivity contribution in [3.63, 3.8) is 0 Å². The first kappa shape index (κ1) is 16.4. The largest absolute Gasteiger partial charge is 0.396 e. The van der Waals surface area contributed by atoms with Gasteiger partial charge in [0.15, 0.2) is 0 Å². The molecule has 0 amide bonds. The van der Waals surface area contributed by atoms with Gasteiger partial charge < -0.3 is 15.2 Å². The standard InChI is InChI=1S/C19H25N5/c1-2-8-24-17(14-20)13-18(21)19(24)23-11-9-22(10-12-23)15-16-6-4-3-5-7-16/h3-7,13H,2,8-12,15,21H2,1H3. The molecule has 2 N–H and O–H groups in total. The van der Waals surface area contributed by atoms with E-state index in [0.717, 1.165) is 57.2 Å². The molecule has 0 atom stereocenters. The zero-order valence-electron chi connectivity index (χ0n) is 14.3. The van der Waals surface area contributed by atoms with E-state index in [4.69, 9.17) is 5.73 Å². The zero-order valence-corrected chi connectivity index (χ0v) is 14.3. The highest BCUT2D eigenvalue weighted by Gasteiger charge is 2.23. The van der Waals surface area contributed by atoms with Gasteiger partial charge in [-0.1, -0.05) is 37.3 Å². The summed E-state index contributed by atoms with van der Waals surface area (Å²) >= 11 is 0. The minimum atomic E-state index is 0.663. The van der Waals surface area contributed by atoms with Crippen molar-refractivity contribution in [2.75, 3.05) is 36.8 Å². The Morgan fingerprint density at radius 1 is 1.12 bits per heavy atom. The van der Waals surface area contributed by atoms with Gasteiger partial charge in [0.05, 0.1) is 5.69 Å². The molecule has 0 radical (unpaired) electrons. The number of benzene rings is 1. The number of piperazine rings is 1. The fraction of sp³-hybridized carbons (Fsp3) is 0.421. The first-order valence-corrected chi connectivity index (χ1v) is 8.63. The number of nitriles is 1. The van der Waals surface area contributed by atoms with E-state index in [1.54, 1.807) is 6.07 Å². The molecule has 1 aromatic carbocycles. The molecule has 1 saturated heterocycles. The SMILES string of the molecule is CCCn1c(C#N)cc(N)c1N1CCN(Cc2ccccc2)CC1. The summed E-state index contributed by atoms with van der Waals surface area (Å²) in [5.41, 5.74) is 8.95. The molecule has 0 saturated carbocycles. The van der Waals surface area contributed by atoms with E-state index in [1.165, 1.54) is 5.56 Å². The normalized spacial score (nSPS) is 15.4. The van der Waals surface area contributed by atoms with Gasteiger partial charge in [0.25, 0.3) is 0 Å². The minimum absolute atomic E-state index is 0.663. The number of anilines is 2. The van der Waals surface area contributed by atoms with E-state index in [2.05, 4.69) is 57.7 Å². The van der Waals surface area contributed by atoms with Crippen molar-refractivity contribution >= 4 is 11.5 Å². The minimum Gasteiger partial charge on any atom is -0.396 e. The van der Waals surface area contributed by atoms with Crippen LogP contribution in [-0.2, 0) is 13.1 Å². The van der Waals surface area contributed by atoms with Gasteiger partial charge in [-0.3, -0.25) is 4.90 Å². The van der Waals surface area contributed by atoms with Crippen LogP contribution >= 0.6 is 0 Å². The molecular formula is C19H25N5. The zero-order chi connectivity index (χ0) is 16.9. The van der Waals surface area contributed by atoms with Crippen LogP contribution in [0.1, 0.15) is 24.6 Å². The average Bonchev–Trinajstić information content (AvgIpc) is 2.92. The fourth-order valence-electron chi connectivity index (χ4n) is 3.41. The third-order valence-electron chi connectivity index (χ3n) is 4.58. The lowest BCUT2D eigenvalue weighted by atomic mass is 10.2. The lowest BCUT2D eigenvalue weighted by molar-refractivity contribution is 0.248. The molecule has 1 aliphatic rings. The van der Waals surface area contributed by atoms with Crippen molar-refractivity contribution in [3.05, 3.63) is 47.7 Å². The lowest BCUT2D eigenvalue weighted by Gasteiger charge is -2.36. The fourth-order valence-corrected chi connectivity index (χ4v) is 3.41. The maximum atomic E-state index is 9.33. The van der Waals surface area contributed by atoms with E-state index >= 15 is 0 Å². The van der Waals surface area contributed by atoms with Gasteiger partial charge in [-0.15, -0.1) is 0 Å². The Balaban J connectivity index is 1.69. The summed E-state index contributed by atoms with van der Waals surface area (Å²) in [5, 5.41) is 9.33. The first-order valence-electron chi connectivity index (χ1n) is 8.63. The maximum Gasteiger partial charge on any atom is 0.133 e. The van der Waals surface area contributed by atoms with Crippen LogP contribution in [0.4, 0.5) is 11.5 Å². The second-order valence-electron chi connectivity index (χ2n) is 6.32. The van der Waals surface area contributed by atoms with Crippen LogP contribution in [0.3, 0.4) is 0 Å². The van der Waals surface area contributed by atoms with Crippen LogP contribution in [0.2, 0.25) is 0 Å². The van der Waals surface area contributed by atoms with Gasteiger partial charge in [0, 0.05) is 39.3 Å². The van der Waals surface area contributed by atoms with Crippen LogP contribution in [0.25, 0.3) is 0 Å². The van der Waals surface area contributed by atoms with Gasteiger partial charge in [-0.2, -0.15) is 5.26 Å². The molecule has 1 aliphatic heterocycles. The van der Waals surface area contributed by atoms with E-state index in [-0.39, 0.29) is 0 Å². The summed E-state index contributed by atoms with van der Waals surface area (Å²) in [6, 6.07) is 14.7. The number of rotatable bonds is 5. The highest BCUT2D eigenvalue weighted by Crippen LogP contribution is 2.29. The number of aromatic nitrogens is 1. The van der Waals surface area contributed by atoms with Gasteiger partial charge in [0.1, 0.15) is 17.6 Å². The Hall–Kier alpha value is -2.45. The Morgan fingerprint density at radius 3 is 2.46 bits per heavy atom. The van der Waals surface area contributed by atoms with Gasteiger partial charge in [-0.05, 0) is 18.1 Å². The Morgan fingerprint density at radius 2 is 1.83 bits per heavy atom. The molecular weight excluding hydrogens is 298 g/mol. The van der Waals surface area contributed by atoms with Crippen LogP contribution in [0.15, 0.2) is 36.4 Å². The summed E-state index contributed by atoms with van der Waals surface area (Å²) < 4.78 is 2.07. The van der Waals surface area contributed by atoms with Crippen LogP contribution in [0.5, 0.6) is 0 Å². The van der Waals surface area contributed by atoms with Crippen molar-refractivity contribution in [1.82, 2.24) is 9.47 Å². The van der Waals surface area contributed by atoms with E-state index < -0.39 is 0 Å². The molecule has 2 aromatic rings. The predicted octanol–water partition coefficient (Wildman–Crippen LogP) is 2.67. The molecule has 5 heteroatoms. The van der Waals surface area contributed by atoms with Crippen molar-refractivity contribution < 1.29 is 0 Å². The Labute approximate surface area is 143 Å². The highest BCUT2D eigenvalue weighted by atomic mass is 15.3. The molecule has 5 nitrogen and oxygen atoms in total. The third kappa shape index (κ3) is 3.39. The van der Waals surface area contributed by atoms with Gasteiger partial charge in [-0.25, -0.2) is 0 Å². The Bertz CT molecular complexity index is 705. The molecule has 0 aliphatic carbocycles. The summed E-state index contributed by atoms with van der Waals surface area (Å²) in [4.78, 5) is 4.80. The quantitative estimate of drug-likeness (QED) is 0.919. The molecule has 24 heavy (non-hydrogen) atoms. The molecule has 3 rings (SSSR count). The van der Waals surface area contributed by atoms with Gasteiger partial charge >= 0.3 is 0 Å². The topological polar surface area (TPSA) is 61.2 Å². The number of nitrogen functional groups attached to an aromatic ring is 1. The van der Waals surface area contributed by atoms with Crippen molar-refractivity contribution in [2.24, 2.45) is 0 Å². The van der Waals surface area contributed by atoms with Crippen molar-refractivity contribution in [1.29, 1.82) is 5.26 Å². The highest BCUT2D eigenvalue weighted by molar-refractivity contribution is 5.68. The summed E-state index contributed by atoms with van der Waals surface area (Å²) in [6.07, 6.45) is 0.990. The summed E-state index contributed by atoms with van der Waals surface area (Å²) in [7, 11) is 0. The smallest absolute Gasteiger partial charge is 0.133 e. The Kier molecular flexibility index (Phi) is 5.07. The van der Waals surface area contributed by atoms with Crippen LogP contribution in [0, 0.1) is 11.3 Å². The second kappa shape index (κ2) is 7.41. The number of hydrogen-bond donors (Lipinski definition) is 1. The predicted molar refractivity (Wildman–Crippen MR) is 97.8 cm³/mol. The van der Waals surface area contributed by atoms with E-state index in [0.29, 0.717) is 5.69 Å². The van der Waals surface area contributed by atoms with E-state index in [9.17, 15) is 5.26 Å². The van der Waals surface area contributed by atoms with Crippen LogP contribution < -0.4 is 10.6 Å². The number of hydrogen-bond acceptors (Lipinski definition) is 4. The summed E-state index contributed by atoms with van der Waals surface area (Å²) in [6.45, 7) is 7.84. The lowest BCUT2D eigenvalue weighted by Crippen LogP contribution is -2.46. The second-order valence-corrected chi connectivity index (χ2v) is 6.32. The number of nitrogens with zero attached hydrogens (tertiary/aromatic N) is 4. The first-order chi connectivity index (χ1) is 11.7. The molecule has 126 valence electrons. The molecule has 1 aromatic heterocycles. The molecule has 1 fully saturated rings.